The van der Waals surface area contributed by atoms with Gasteiger partial charge in [0.1, 0.15) is 12.0 Å². The summed E-state index contributed by atoms with van der Waals surface area (Å²) in [6.07, 6.45) is -1.50. The van der Waals surface area contributed by atoms with Crippen LogP contribution in [-0.2, 0) is 9.59 Å². The van der Waals surface area contributed by atoms with Crippen LogP contribution >= 0.6 is 23.2 Å². The number of carbonyl (C=O) groups excluding carboxylic acids is 1. The fourth-order valence-electron chi connectivity index (χ4n) is 2.83. The number of oxazole rings is 1. The van der Waals surface area contributed by atoms with Crippen molar-refractivity contribution in [3.63, 3.8) is 0 Å². The zero-order valence-electron chi connectivity index (χ0n) is 16.3. The molecule has 12 heteroatoms. The van der Waals surface area contributed by atoms with Gasteiger partial charge in [0.15, 0.2) is 5.89 Å². The van der Waals surface area contributed by atoms with E-state index in [2.05, 4.69) is 4.98 Å². The molecule has 1 aliphatic heterocycles. The van der Waals surface area contributed by atoms with Crippen molar-refractivity contribution < 1.29 is 32.3 Å². The summed E-state index contributed by atoms with van der Waals surface area (Å²) in [5.74, 6) is -2.70. The molecule has 0 spiro atoms. The van der Waals surface area contributed by atoms with E-state index in [9.17, 15) is 18.0 Å². The number of likely N-dealkylation sites (tertiary alicyclic amines) is 1. The van der Waals surface area contributed by atoms with Crippen LogP contribution in [-0.4, -0.2) is 52.2 Å². The molecule has 1 amide bonds. The second-order valence-corrected chi connectivity index (χ2v) is 7.69. The van der Waals surface area contributed by atoms with Gasteiger partial charge in [-0.15, -0.1) is 0 Å². The van der Waals surface area contributed by atoms with E-state index in [0.29, 0.717) is 21.6 Å². The third-order valence-electron chi connectivity index (χ3n) is 4.60. The van der Waals surface area contributed by atoms with Crippen molar-refractivity contribution in [1.29, 1.82) is 0 Å². The van der Waals surface area contributed by atoms with Gasteiger partial charge < -0.3 is 20.2 Å². The van der Waals surface area contributed by atoms with Gasteiger partial charge in [-0.05, 0) is 31.0 Å². The van der Waals surface area contributed by atoms with Crippen LogP contribution in [0.15, 0.2) is 28.9 Å². The molecule has 1 aromatic heterocycles. The Labute approximate surface area is 185 Å². The molecule has 0 saturated carbocycles. The van der Waals surface area contributed by atoms with Crippen LogP contribution in [0.1, 0.15) is 31.6 Å². The summed E-state index contributed by atoms with van der Waals surface area (Å²) in [7, 11) is 0. The number of nitrogens with zero attached hydrogens (tertiary/aromatic N) is 2. The number of nitrogens with two attached hydrogens (primary N) is 1. The van der Waals surface area contributed by atoms with Crippen LogP contribution in [0.4, 0.5) is 13.2 Å². The van der Waals surface area contributed by atoms with Gasteiger partial charge in [0.05, 0.1) is 17.0 Å². The molecule has 0 unspecified atom stereocenters. The number of halogens is 5. The monoisotopic (exact) mass is 481 g/mol. The van der Waals surface area contributed by atoms with E-state index < -0.39 is 18.2 Å². The highest BCUT2D eigenvalue weighted by Crippen LogP contribution is 2.31. The largest absolute Gasteiger partial charge is 0.490 e. The average molecular weight is 482 g/mol. The molecular formula is C19H20Cl2F3N3O4. The molecule has 3 rings (SSSR count). The van der Waals surface area contributed by atoms with Crippen LogP contribution < -0.4 is 5.73 Å². The Hall–Kier alpha value is -2.30. The number of hydrogen-bond acceptors (Lipinski definition) is 5. The predicted octanol–water partition coefficient (Wildman–Crippen LogP) is 4.33. The molecule has 0 aliphatic carbocycles. The molecule has 2 heterocycles. The number of hydrogen-bond donors (Lipinski definition) is 2. The summed E-state index contributed by atoms with van der Waals surface area (Å²) in [6, 6.07) is 4.50. The molecule has 1 aromatic carbocycles. The highest BCUT2D eigenvalue weighted by molar-refractivity contribution is 6.36. The van der Waals surface area contributed by atoms with E-state index in [1.807, 2.05) is 6.92 Å². The molecule has 2 atom stereocenters. The number of benzene rings is 1. The summed E-state index contributed by atoms with van der Waals surface area (Å²) in [5.41, 5.74) is 7.46. The highest BCUT2D eigenvalue weighted by Gasteiger charge is 2.38. The maximum absolute atomic E-state index is 12.4. The van der Waals surface area contributed by atoms with Crippen molar-refractivity contribution in [1.82, 2.24) is 9.88 Å². The molecule has 170 valence electrons. The Kier molecular flexibility index (Phi) is 8.33. The summed E-state index contributed by atoms with van der Waals surface area (Å²) in [5, 5.41) is 8.17. The highest BCUT2D eigenvalue weighted by atomic mass is 35.5. The summed E-state index contributed by atoms with van der Waals surface area (Å²) >= 11 is 12.1. The molecule has 3 N–H and O–H groups in total. The first kappa shape index (κ1) is 25.0. The molecule has 7 nitrogen and oxygen atoms in total. The topological polar surface area (TPSA) is 110 Å². The molecular weight excluding hydrogens is 462 g/mol. The zero-order valence-corrected chi connectivity index (χ0v) is 17.8. The van der Waals surface area contributed by atoms with Crippen LogP contribution in [0.3, 0.4) is 0 Å². The van der Waals surface area contributed by atoms with Gasteiger partial charge in [0.25, 0.3) is 0 Å². The van der Waals surface area contributed by atoms with Crippen molar-refractivity contribution in [3.05, 3.63) is 40.4 Å². The number of alkyl halides is 3. The lowest BCUT2D eigenvalue weighted by molar-refractivity contribution is -0.192. The number of aromatic nitrogens is 1. The smallest absolute Gasteiger partial charge is 0.475 e. The molecule has 1 aliphatic rings. The van der Waals surface area contributed by atoms with E-state index in [1.165, 1.54) is 6.26 Å². The van der Waals surface area contributed by atoms with Gasteiger partial charge in [-0.3, -0.25) is 4.79 Å². The normalized spacial score (nSPS) is 15.8. The number of carboxylic acid groups (broad SMARTS) is 1. The van der Waals surface area contributed by atoms with Gasteiger partial charge in [-0.2, -0.15) is 13.2 Å². The number of rotatable bonds is 4. The van der Waals surface area contributed by atoms with Crippen LogP contribution in [0.25, 0.3) is 11.3 Å². The minimum absolute atomic E-state index is 0.0516. The van der Waals surface area contributed by atoms with Crippen LogP contribution in [0.2, 0.25) is 10.0 Å². The second kappa shape index (κ2) is 10.3. The number of carboxylic acids is 1. The number of carbonyl (C=O) groups is 2. The van der Waals surface area contributed by atoms with Crippen molar-refractivity contribution in [2.75, 3.05) is 13.1 Å². The van der Waals surface area contributed by atoms with E-state index in [-0.39, 0.29) is 11.8 Å². The minimum Gasteiger partial charge on any atom is -0.475 e. The molecule has 1 saturated heterocycles. The lowest BCUT2D eigenvalue weighted by atomic mass is 10.0. The van der Waals surface area contributed by atoms with Gasteiger partial charge in [-0.1, -0.05) is 30.1 Å². The van der Waals surface area contributed by atoms with E-state index in [4.69, 9.17) is 43.3 Å². The fourth-order valence-corrected chi connectivity index (χ4v) is 3.34. The number of aliphatic carboxylic acids is 1. The Balaban J connectivity index is 0.000000423. The SMILES string of the molecule is C[C@H](c1nc(-c2ccc(Cl)cc2Cl)co1)[C@H](N)C(=O)N1CCCC1.O=C(O)C(F)(F)F. The standard InChI is InChI=1S/C17H19Cl2N3O2.C2HF3O2/c1-10(15(20)17(23)22-6-2-3-7-22)16-21-14(9-24-16)12-5-4-11(18)8-13(12)19;3-2(4,5)1(6)7/h4-5,8-10,15H,2-3,6-7,20H2,1H3;(H,6,7)/t10-,15-;/m0./s1. The van der Waals surface area contributed by atoms with Gasteiger partial charge >= 0.3 is 12.1 Å². The minimum atomic E-state index is -5.08. The first-order valence-electron chi connectivity index (χ1n) is 9.17. The molecule has 1 fully saturated rings. The van der Waals surface area contributed by atoms with Crippen molar-refractivity contribution in [2.24, 2.45) is 5.73 Å². The first-order chi connectivity index (χ1) is 14.4. The summed E-state index contributed by atoms with van der Waals surface area (Å²) in [4.78, 5) is 27.6. The second-order valence-electron chi connectivity index (χ2n) is 6.84. The maximum atomic E-state index is 12.4. The van der Waals surface area contributed by atoms with Crippen molar-refractivity contribution in [2.45, 2.75) is 37.9 Å². The first-order valence-corrected chi connectivity index (χ1v) is 9.92. The Bertz CT molecular complexity index is 930. The summed E-state index contributed by atoms with van der Waals surface area (Å²) < 4.78 is 37.3. The lowest BCUT2D eigenvalue weighted by Gasteiger charge is -2.22. The average Bonchev–Trinajstić information content (AvgIpc) is 3.38. The van der Waals surface area contributed by atoms with Crippen LogP contribution in [0.5, 0.6) is 0 Å². The lowest BCUT2D eigenvalue weighted by Crippen LogP contribution is -2.45. The Morgan fingerprint density at radius 3 is 2.35 bits per heavy atom. The number of amides is 1. The quantitative estimate of drug-likeness (QED) is 0.672. The van der Waals surface area contributed by atoms with Gasteiger partial charge in [-0.25, -0.2) is 9.78 Å². The predicted molar refractivity (Wildman–Crippen MR) is 108 cm³/mol. The Morgan fingerprint density at radius 1 is 1.26 bits per heavy atom. The molecule has 0 bridgehead atoms. The molecule has 31 heavy (non-hydrogen) atoms. The van der Waals surface area contributed by atoms with Crippen LogP contribution in [0, 0.1) is 0 Å². The van der Waals surface area contributed by atoms with E-state index in [0.717, 1.165) is 31.5 Å². The fraction of sp³-hybridized carbons (Fsp3) is 0.421. The zero-order chi connectivity index (χ0) is 23.3. The van der Waals surface area contributed by atoms with E-state index >= 15 is 0 Å². The molecule has 2 aromatic rings. The van der Waals surface area contributed by atoms with Gasteiger partial charge in [0, 0.05) is 23.7 Å². The third-order valence-corrected chi connectivity index (χ3v) is 5.15. The van der Waals surface area contributed by atoms with Gasteiger partial charge in [0.2, 0.25) is 5.91 Å². The molecule has 0 radical (unpaired) electrons. The van der Waals surface area contributed by atoms with Crippen molar-refractivity contribution >= 4 is 35.1 Å². The third kappa shape index (κ3) is 6.59. The summed E-state index contributed by atoms with van der Waals surface area (Å²) in [6.45, 7) is 3.39. The van der Waals surface area contributed by atoms with Crippen molar-refractivity contribution in [3.8, 4) is 11.3 Å². The Morgan fingerprint density at radius 2 is 1.84 bits per heavy atom. The van der Waals surface area contributed by atoms with E-state index in [1.54, 1.807) is 23.1 Å². The maximum Gasteiger partial charge on any atom is 0.490 e.